The number of hydrogen-bond donors (Lipinski definition) is 0. The highest BCUT2D eigenvalue weighted by Crippen LogP contribution is 2.23. The van der Waals surface area contributed by atoms with Gasteiger partial charge in [0.2, 0.25) is 0 Å². The van der Waals surface area contributed by atoms with Crippen LogP contribution in [0.25, 0.3) is 0 Å². The standard InChI is InChI=1S/C13H16O2/c1-10-6-7-11-4-2-3-5-13(11)15-9-8-12(10)14/h2-5,10H,6-9H2,1H3. The first kappa shape index (κ1) is 10.2. The fourth-order valence-corrected chi connectivity index (χ4v) is 1.89. The van der Waals surface area contributed by atoms with Crippen molar-refractivity contribution < 1.29 is 9.53 Å². The molecule has 0 bridgehead atoms. The molecule has 0 amide bonds. The minimum atomic E-state index is 0.166. The molecule has 2 nitrogen and oxygen atoms in total. The summed E-state index contributed by atoms with van der Waals surface area (Å²) in [4.78, 5) is 11.6. The SMILES string of the molecule is CC1CCc2ccccc2OCCC1=O. The van der Waals surface area contributed by atoms with Gasteiger partial charge in [-0.15, -0.1) is 0 Å². The molecule has 0 aliphatic carbocycles. The first-order valence-electron chi connectivity index (χ1n) is 5.51. The quantitative estimate of drug-likeness (QED) is 0.649. The smallest absolute Gasteiger partial charge is 0.139 e. The normalized spacial score (nSPS) is 21.9. The number of rotatable bonds is 0. The number of benzene rings is 1. The molecule has 1 aromatic carbocycles. The Bertz CT molecular complexity index is 357. The molecule has 1 atom stereocenters. The van der Waals surface area contributed by atoms with Crippen molar-refractivity contribution in [1.82, 2.24) is 0 Å². The van der Waals surface area contributed by atoms with Gasteiger partial charge in [-0.2, -0.15) is 0 Å². The highest BCUT2D eigenvalue weighted by molar-refractivity contribution is 5.80. The lowest BCUT2D eigenvalue weighted by Crippen LogP contribution is -2.13. The number of ether oxygens (including phenoxy) is 1. The van der Waals surface area contributed by atoms with E-state index in [0.717, 1.165) is 18.6 Å². The molecule has 2 rings (SSSR count). The summed E-state index contributed by atoms with van der Waals surface area (Å²) in [5.41, 5.74) is 1.22. The molecule has 0 radical (unpaired) electrons. The minimum absolute atomic E-state index is 0.166. The predicted molar refractivity (Wildman–Crippen MR) is 59.0 cm³/mol. The van der Waals surface area contributed by atoms with Crippen molar-refractivity contribution in [3.8, 4) is 5.75 Å². The molecule has 1 aliphatic heterocycles. The molecule has 0 N–H and O–H groups in total. The lowest BCUT2D eigenvalue weighted by atomic mass is 9.96. The third kappa shape index (κ3) is 2.38. The maximum Gasteiger partial charge on any atom is 0.139 e. The van der Waals surface area contributed by atoms with Gasteiger partial charge in [0.15, 0.2) is 0 Å². The van der Waals surface area contributed by atoms with Crippen LogP contribution in [0.1, 0.15) is 25.3 Å². The molecule has 0 spiro atoms. The van der Waals surface area contributed by atoms with Crippen LogP contribution in [-0.2, 0) is 11.2 Å². The van der Waals surface area contributed by atoms with Crippen molar-refractivity contribution in [2.75, 3.05) is 6.61 Å². The van der Waals surface area contributed by atoms with Gasteiger partial charge in [0.1, 0.15) is 11.5 Å². The van der Waals surface area contributed by atoms with Gasteiger partial charge >= 0.3 is 0 Å². The molecule has 1 heterocycles. The highest BCUT2D eigenvalue weighted by Gasteiger charge is 2.16. The average molecular weight is 204 g/mol. The summed E-state index contributed by atoms with van der Waals surface area (Å²) in [5, 5.41) is 0. The van der Waals surface area contributed by atoms with Crippen molar-refractivity contribution >= 4 is 5.78 Å². The third-order valence-electron chi connectivity index (χ3n) is 2.97. The van der Waals surface area contributed by atoms with Crippen LogP contribution < -0.4 is 4.74 Å². The average Bonchev–Trinajstić information content (AvgIpc) is 2.32. The number of aryl methyl sites for hydroxylation is 1. The molecule has 15 heavy (non-hydrogen) atoms. The van der Waals surface area contributed by atoms with E-state index in [9.17, 15) is 4.79 Å². The Morgan fingerprint density at radius 2 is 2.07 bits per heavy atom. The third-order valence-corrected chi connectivity index (χ3v) is 2.97. The van der Waals surface area contributed by atoms with E-state index < -0.39 is 0 Å². The Kier molecular flexibility index (Phi) is 3.05. The van der Waals surface area contributed by atoms with Crippen LogP contribution in [-0.4, -0.2) is 12.4 Å². The van der Waals surface area contributed by atoms with E-state index >= 15 is 0 Å². The Morgan fingerprint density at radius 1 is 1.27 bits per heavy atom. The summed E-state index contributed by atoms with van der Waals surface area (Å²) in [5.74, 6) is 1.43. The number of carbonyl (C=O) groups excluding carboxylic acids is 1. The van der Waals surface area contributed by atoms with Gasteiger partial charge in [0.05, 0.1) is 6.61 Å². The van der Waals surface area contributed by atoms with E-state index in [-0.39, 0.29) is 5.92 Å². The maximum absolute atomic E-state index is 11.6. The highest BCUT2D eigenvalue weighted by atomic mass is 16.5. The van der Waals surface area contributed by atoms with Gasteiger partial charge in [0, 0.05) is 12.3 Å². The fourth-order valence-electron chi connectivity index (χ4n) is 1.89. The van der Waals surface area contributed by atoms with Gasteiger partial charge in [-0.05, 0) is 24.5 Å². The van der Waals surface area contributed by atoms with Gasteiger partial charge in [-0.25, -0.2) is 0 Å². The molecule has 1 unspecified atom stereocenters. The van der Waals surface area contributed by atoms with Gasteiger partial charge in [0.25, 0.3) is 0 Å². The molecular weight excluding hydrogens is 188 g/mol. The van der Waals surface area contributed by atoms with Crippen LogP contribution in [0.3, 0.4) is 0 Å². The van der Waals surface area contributed by atoms with Crippen molar-refractivity contribution in [1.29, 1.82) is 0 Å². The first-order chi connectivity index (χ1) is 7.27. The van der Waals surface area contributed by atoms with Gasteiger partial charge in [-0.3, -0.25) is 4.79 Å². The molecule has 0 aromatic heterocycles. The van der Waals surface area contributed by atoms with Crippen molar-refractivity contribution in [2.45, 2.75) is 26.2 Å². The second kappa shape index (κ2) is 4.47. The number of fused-ring (bicyclic) bond motifs is 1. The summed E-state index contributed by atoms with van der Waals surface area (Å²) in [6, 6.07) is 8.06. The maximum atomic E-state index is 11.6. The number of Topliss-reactive ketones (excluding diaryl/α,β-unsaturated/α-hetero) is 1. The Balaban J connectivity index is 2.20. The molecule has 80 valence electrons. The lowest BCUT2D eigenvalue weighted by molar-refractivity contribution is -0.122. The molecule has 2 heteroatoms. The number of ketones is 1. The first-order valence-corrected chi connectivity index (χ1v) is 5.51. The number of para-hydroxylation sites is 1. The Hall–Kier alpha value is -1.31. The van der Waals surface area contributed by atoms with Crippen molar-refractivity contribution in [3.05, 3.63) is 29.8 Å². The van der Waals surface area contributed by atoms with Gasteiger partial charge in [-0.1, -0.05) is 25.1 Å². The van der Waals surface area contributed by atoms with Crippen LogP contribution in [0.2, 0.25) is 0 Å². The lowest BCUT2D eigenvalue weighted by Gasteiger charge is -2.08. The van der Waals surface area contributed by atoms with Crippen LogP contribution >= 0.6 is 0 Å². The van der Waals surface area contributed by atoms with Crippen molar-refractivity contribution in [3.63, 3.8) is 0 Å². The van der Waals surface area contributed by atoms with Crippen LogP contribution in [0.15, 0.2) is 24.3 Å². The minimum Gasteiger partial charge on any atom is -0.493 e. The molecule has 0 fully saturated rings. The zero-order valence-electron chi connectivity index (χ0n) is 9.03. The van der Waals surface area contributed by atoms with Crippen LogP contribution in [0.5, 0.6) is 5.75 Å². The van der Waals surface area contributed by atoms with Gasteiger partial charge < -0.3 is 4.74 Å². The second-order valence-electron chi connectivity index (χ2n) is 4.11. The summed E-state index contributed by atoms with van der Waals surface area (Å²) < 4.78 is 5.61. The van der Waals surface area contributed by atoms with E-state index in [1.807, 2.05) is 25.1 Å². The monoisotopic (exact) mass is 204 g/mol. The largest absolute Gasteiger partial charge is 0.493 e. The number of hydrogen-bond acceptors (Lipinski definition) is 2. The molecule has 1 aromatic rings. The van der Waals surface area contributed by atoms with Crippen LogP contribution in [0.4, 0.5) is 0 Å². The van der Waals surface area contributed by atoms with E-state index in [1.54, 1.807) is 0 Å². The molecular formula is C13H16O2. The molecule has 0 saturated heterocycles. The zero-order valence-corrected chi connectivity index (χ0v) is 9.03. The van der Waals surface area contributed by atoms with E-state index in [0.29, 0.717) is 18.8 Å². The summed E-state index contributed by atoms with van der Waals surface area (Å²) >= 11 is 0. The summed E-state index contributed by atoms with van der Waals surface area (Å²) in [6.45, 7) is 2.52. The molecule has 0 saturated carbocycles. The summed E-state index contributed by atoms with van der Waals surface area (Å²) in [6.07, 6.45) is 2.40. The van der Waals surface area contributed by atoms with Crippen molar-refractivity contribution in [2.24, 2.45) is 5.92 Å². The number of carbonyl (C=O) groups is 1. The van der Waals surface area contributed by atoms with Crippen LogP contribution in [0, 0.1) is 5.92 Å². The molecule has 1 aliphatic rings. The second-order valence-corrected chi connectivity index (χ2v) is 4.11. The van der Waals surface area contributed by atoms with E-state index in [4.69, 9.17) is 4.74 Å². The topological polar surface area (TPSA) is 26.3 Å². The van der Waals surface area contributed by atoms with E-state index in [2.05, 4.69) is 6.07 Å². The Labute approximate surface area is 90.3 Å². The zero-order chi connectivity index (χ0) is 10.7. The summed E-state index contributed by atoms with van der Waals surface area (Å²) in [7, 11) is 0. The van der Waals surface area contributed by atoms with E-state index in [1.165, 1.54) is 5.56 Å². The predicted octanol–water partition coefficient (Wildman–Crippen LogP) is 2.61. The Morgan fingerprint density at radius 3 is 2.93 bits per heavy atom. The fraction of sp³-hybridized carbons (Fsp3) is 0.462.